The summed E-state index contributed by atoms with van der Waals surface area (Å²) in [6.07, 6.45) is 1.19. The van der Waals surface area contributed by atoms with Crippen molar-refractivity contribution in [2.24, 2.45) is 0 Å². The molecule has 0 saturated carbocycles. The lowest BCUT2D eigenvalue weighted by Crippen LogP contribution is -2.52. The van der Waals surface area contributed by atoms with Crippen LogP contribution in [0.4, 0.5) is 0 Å². The van der Waals surface area contributed by atoms with Gasteiger partial charge in [0.05, 0.1) is 12.5 Å². The van der Waals surface area contributed by atoms with E-state index in [1.807, 2.05) is 83.8 Å². The lowest BCUT2D eigenvalue weighted by molar-refractivity contribution is -0.135. The van der Waals surface area contributed by atoms with Crippen molar-refractivity contribution < 1.29 is 19.1 Å². The van der Waals surface area contributed by atoms with Crippen LogP contribution < -0.4 is 14.8 Å². The fourth-order valence-electron chi connectivity index (χ4n) is 4.64. The van der Waals surface area contributed by atoms with Crippen molar-refractivity contribution >= 4 is 11.8 Å². The maximum absolute atomic E-state index is 13.6. The van der Waals surface area contributed by atoms with Crippen LogP contribution in [0.2, 0.25) is 0 Å². The van der Waals surface area contributed by atoms with Crippen molar-refractivity contribution in [2.75, 3.05) is 20.2 Å². The van der Waals surface area contributed by atoms with Crippen LogP contribution in [0.5, 0.6) is 11.5 Å². The van der Waals surface area contributed by atoms with Gasteiger partial charge in [0.2, 0.25) is 11.8 Å². The minimum absolute atomic E-state index is 0.0183. The highest BCUT2D eigenvalue weighted by atomic mass is 16.5. The first-order valence-electron chi connectivity index (χ1n) is 11.9. The maximum atomic E-state index is 13.6. The van der Waals surface area contributed by atoms with E-state index in [0.29, 0.717) is 50.6 Å². The third-order valence-corrected chi connectivity index (χ3v) is 6.74. The van der Waals surface area contributed by atoms with Crippen LogP contribution in [-0.2, 0) is 28.2 Å². The van der Waals surface area contributed by atoms with Crippen molar-refractivity contribution in [1.29, 1.82) is 0 Å². The Bertz CT molecular complexity index is 1140. The molecule has 0 atom stereocenters. The fraction of sp³-hybridized carbons (Fsp3) is 0.310. The van der Waals surface area contributed by atoms with E-state index in [-0.39, 0.29) is 11.8 Å². The zero-order valence-electron chi connectivity index (χ0n) is 20.3. The first-order chi connectivity index (χ1) is 17.0. The number of piperidine rings is 1. The monoisotopic (exact) mass is 472 g/mol. The molecule has 0 spiro atoms. The molecule has 0 bridgehead atoms. The second-order valence-electron chi connectivity index (χ2n) is 8.90. The van der Waals surface area contributed by atoms with Gasteiger partial charge in [0.25, 0.3) is 0 Å². The highest BCUT2D eigenvalue weighted by molar-refractivity contribution is 5.88. The fourth-order valence-corrected chi connectivity index (χ4v) is 4.64. The lowest BCUT2D eigenvalue weighted by atomic mass is 9.72. The van der Waals surface area contributed by atoms with Crippen LogP contribution in [0.1, 0.15) is 36.5 Å². The normalized spacial score (nSPS) is 14.7. The first-order valence-corrected chi connectivity index (χ1v) is 11.9. The summed E-state index contributed by atoms with van der Waals surface area (Å²) in [5.41, 5.74) is 2.33. The standard InChI is InChI=1S/C29H32N2O4/c1-22(32)31-17-15-29(16-18-31,25-11-7-4-8-12-25)28(33)30-20-24-13-14-26(27(19-24)34-2)35-21-23-9-5-3-6-10-23/h3-14,19H,15-18,20-21H2,1-2H3,(H,30,33). The van der Waals surface area contributed by atoms with Crippen LogP contribution in [0.3, 0.4) is 0 Å². The Labute approximate surface area is 206 Å². The molecule has 1 heterocycles. The van der Waals surface area contributed by atoms with Gasteiger partial charge in [0.15, 0.2) is 11.5 Å². The minimum atomic E-state index is -0.657. The summed E-state index contributed by atoms with van der Waals surface area (Å²) >= 11 is 0. The summed E-state index contributed by atoms with van der Waals surface area (Å²) in [7, 11) is 1.61. The summed E-state index contributed by atoms with van der Waals surface area (Å²) in [6.45, 7) is 3.54. The number of carbonyl (C=O) groups is 2. The largest absolute Gasteiger partial charge is 0.493 e. The van der Waals surface area contributed by atoms with E-state index in [1.165, 1.54) is 0 Å². The van der Waals surface area contributed by atoms with Gasteiger partial charge in [-0.25, -0.2) is 0 Å². The molecule has 0 radical (unpaired) electrons. The van der Waals surface area contributed by atoms with Gasteiger partial charge >= 0.3 is 0 Å². The second-order valence-corrected chi connectivity index (χ2v) is 8.90. The number of hydrogen-bond donors (Lipinski definition) is 1. The molecule has 1 aliphatic rings. The Hall–Kier alpha value is -3.80. The predicted molar refractivity (Wildman–Crippen MR) is 135 cm³/mol. The van der Waals surface area contributed by atoms with E-state index in [1.54, 1.807) is 14.0 Å². The highest BCUT2D eigenvalue weighted by Gasteiger charge is 2.43. The Kier molecular flexibility index (Phi) is 7.70. The zero-order valence-corrected chi connectivity index (χ0v) is 20.3. The molecule has 6 heteroatoms. The van der Waals surface area contributed by atoms with Crippen molar-refractivity contribution in [3.63, 3.8) is 0 Å². The molecule has 1 aliphatic heterocycles. The molecule has 1 N–H and O–H groups in total. The molecule has 3 aromatic carbocycles. The molecule has 0 unspecified atom stereocenters. The molecule has 35 heavy (non-hydrogen) atoms. The Morgan fingerprint density at radius 1 is 0.886 bits per heavy atom. The maximum Gasteiger partial charge on any atom is 0.231 e. The van der Waals surface area contributed by atoms with Crippen molar-refractivity contribution in [1.82, 2.24) is 10.2 Å². The number of nitrogens with zero attached hydrogens (tertiary/aromatic N) is 1. The van der Waals surface area contributed by atoms with Gasteiger partial charge in [0.1, 0.15) is 6.61 Å². The number of likely N-dealkylation sites (tertiary alicyclic amines) is 1. The van der Waals surface area contributed by atoms with Crippen molar-refractivity contribution in [3.05, 3.63) is 95.6 Å². The van der Waals surface area contributed by atoms with Crippen LogP contribution in [0.25, 0.3) is 0 Å². The van der Waals surface area contributed by atoms with E-state index in [0.717, 1.165) is 16.7 Å². The molecule has 4 rings (SSSR count). The minimum Gasteiger partial charge on any atom is -0.493 e. The number of ether oxygens (including phenoxy) is 2. The molecule has 6 nitrogen and oxygen atoms in total. The smallest absolute Gasteiger partial charge is 0.231 e. The number of nitrogens with one attached hydrogen (secondary N) is 1. The van der Waals surface area contributed by atoms with E-state index >= 15 is 0 Å². The third-order valence-electron chi connectivity index (χ3n) is 6.74. The molecule has 1 fully saturated rings. The van der Waals surface area contributed by atoms with Crippen molar-refractivity contribution in [2.45, 2.75) is 38.3 Å². The number of methoxy groups -OCH3 is 1. The zero-order chi connectivity index (χ0) is 24.7. The topological polar surface area (TPSA) is 67.9 Å². The second kappa shape index (κ2) is 11.1. The Balaban J connectivity index is 1.45. The van der Waals surface area contributed by atoms with E-state index in [4.69, 9.17) is 9.47 Å². The van der Waals surface area contributed by atoms with Crippen molar-refractivity contribution in [3.8, 4) is 11.5 Å². The molecule has 0 aromatic heterocycles. The number of hydrogen-bond acceptors (Lipinski definition) is 4. The third kappa shape index (κ3) is 5.65. The average Bonchev–Trinajstić information content (AvgIpc) is 2.91. The summed E-state index contributed by atoms with van der Waals surface area (Å²) in [5, 5.41) is 3.14. The molecule has 3 aromatic rings. The van der Waals surface area contributed by atoms with Gasteiger partial charge in [-0.2, -0.15) is 0 Å². The molecule has 182 valence electrons. The molecular weight excluding hydrogens is 440 g/mol. The summed E-state index contributed by atoms with van der Waals surface area (Å²) in [5.74, 6) is 1.31. The number of amides is 2. The van der Waals surface area contributed by atoms with Gasteiger partial charge in [-0.05, 0) is 41.7 Å². The quantitative estimate of drug-likeness (QED) is 0.525. The Morgan fingerprint density at radius 2 is 1.54 bits per heavy atom. The van der Waals surface area contributed by atoms with E-state index < -0.39 is 5.41 Å². The van der Waals surface area contributed by atoms with Crippen LogP contribution in [0, 0.1) is 0 Å². The first kappa shape index (κ1) is 24.3. The molecular formula is C29H32N2O4. The van der Waals surface area contributed by atoms with E-state index in [2.05, 4.69) is 5.32 Å². The van der Waals surface area contributed by atoms with Gasteiger partial charge in [0, 0.05) is 26.6 Å². The lowest BCUT2D eigenvalue weighted by Gasteiger charge is -2.40. The SMILES string of the molecule is COc1cc(CNC(=O)C2(c3ccccc3)CCN(C(C)=O)CC2)ccc1OCc1ccccc1. The van der Waals surface area contributed by atoms with Crippen LogP contribution >= 0.6 is 0 Å². The summed E-state index contributed by atoms with van der Waals surface area (Å²) in [4.78, 5) is 27.2. The molecule has 2 amide bonds. The number of benzene rings is 3. The molecule has 0 aliphatic carbocycles. The average molecular weight is 473 g/mol. The van der Waals surface area contributed by atoms with Gasteiger partial charge in [-0.1, -0.05) is 66.7 Å². The predicted octanol–water partition coefficient (Wildman–Crippen LogP) is 4.47. The Morgan fingerprint density at radius 3 is 2.17 bits per heavy atom. The number of carbonyl (C=O) groups excluding carboxylic acids is 2. The summed E-state index contributed by atoms with van der Waals surface area (Å²) in [6, 6.07) is 25.6. The highest BCUT2D eigenvalue weighted by Crippen LogP contribution is 2.36. The van der Waals surface area contributed by atoms with Gasteiger partial charge in [-0.3, -0.25) is 9.59 Å². The van der Waals surface area contributed by atoms with Gasteiger partial charge < -0.3 is 19.7 Å². The van der Waals surface area contributed by atoms with Gasteiger partial charge in [-0.15, -0.1) is 0 Å². The van der Waals surface area contributed by atoms with E-state index in [9.17, 15) is 9.59 Å². The van der Waals surface area contributed by atoms with Crippen LogP contribution in [-0.4, -0.2) is 36.9 Å². The number of rotatable bonds is 8. The summed E-state index contributed by atoms with van der Waals surface area (Å²) < 4.78 is 11.5. The van der Waals surface area contributed by atoms with Crippen LogP contribution in [0.15, 0.2) is 78.9 Å². The molecule has 1 saturated heterocycles.